The number of hydrogen-bond donors (Lipinski definition) is 4. The highest BCUT2D eigenvalue weighted by molar-refractivity contribution is 6.07. The number of morpholine rings is 1. The predicted octanol–water partition coefficient (Wildman–Crippen LogP) is 8.35. The number of nitrogens with zero attached hydrogens (tertiary/aromatic N) is 4. The fourth-order valence-electron chi connectivity index (χ4n) is 6.87. The number of hydrogen-bond acceptors (Lipinski definition) is 10. The number of carbonyl (C=O) groups is 2. The van der Waals surface area contributed by atoms with Gasteiger partial charge in [-0.25, -0.2) is 14.5 Å². The van der Waals surface area contributed by atoms with Crippen LogP contribution in [0, 0.1) is 0 Å². The summed E-state index contributed by atoms with van der Waals surface area (Å²) >= 11 is 0. The van der Waals surface area contributed by atoms with E-state index < -0.39 is 6.03 Å². The van der Waals surface area contributed by atoms with E-state index in [2.05, 4.69) is 31.2 Å². The number of urea groups is 1. The Hall–Kier alpha value is -7.42. The number of amides is 3. The Kier molecular flexibility index (Phi) is 12.1. The molecule has 1 fully saturated rings. The first-order valence-corrected chi connectivity index (χ1v) is 19.5. The molecule has 1 aliphatic heterocycles. The summed E-state index contributed by atoms with van der Waals surface area (Å²) in [5, 5.41) is 18.7. The summed E-state index contributed by atoms with van der Waals surface area (Å²) in [7, 11) is 3.17. The van der Waals surface area contributed by atoms with Crippen LogP contribution in [-0.2, 0) is 4.74 Å². The van der Waals surface area contributed by atoms with Gasteiger partial charge in [-0.1, -0.05) is 54.6 Å². The Morgan fingerprint density at radius 2 is 1.52 bits per heavy atom. The van der Waals surface area contributed by atoms with Gasteiger partial charge in [0.25, 0.3) is 5.91 Å². The van der Waals surface area contributed by atoms with Gasteiger partial charge in [-0.2, -0.15) is 5.10 Å². The molecule has 4 N–H and O–H groups in total. The molecule has 0 saturated carbocycles. The van der Waals surface area contributed by atoms with Crippen LogP contribution in [0.1, 0.15) is 10.4 Å². The molecule has 3 heterocycles. The van der Waals surface area contributed by atoms with E-state index in [4.69, 9.17) is 24.0 Å². The van der Waals surface area contributed by atoms with Crippen LogP contribution in [-0.4, -0.2) is 85.2 Å². The number of ether oxygens (including phenoxy) is 4. The smallest absolute Gasteiger partial charge is 0.324 e. The molecule has 1 saturated heterocycles. The van der Waals surface area contributed by atoms with Gasteiger partial charge in [0.2, 0.25) is 0 Å². The molecule has 5 aromatic carbocycles. The van der Waals surface area contributed by atoms with E-state index >= 15 is 0 Å². The van der Waals surface area contributed by atoms with E-state index in [1.807, 2.05) is 91.0 Å². The molecular formula is C46H44N8O6. The van der Waals surface area contributed by atoms with Crippen molar-refractivity contribution in [3.63, 3.8) is 0 Å². The second-order valence-electron chi connectivity index (χ2n) is 13.9. The zero-order valence-electron chi connectivity index (χ0n) is 33.2. The molecule has 0 atom stereocenters. The molecule has 2 aromatic heterocycles. The standard InChI is InChI=1S/C46H44N8O6/c1-57-35-14-12-34(13-15-35)54-44(30-41(52-54)31-8-4-3-5-9-31)51-46(56)50-40-16-17-42(39-11-7-6-10-38(39)40)60-36-18-19-47-43(29-36)49-33-26-32(27-37(28-33)58-2)45(55)48-20-21-53-22-24-59-25-23-53/h3-19,26-30H,20-25H2,1-2H3,(H,47,49)(H,48,55)(H2,50,51,56). The third-order valence-corrected chi connectivity index (χ3v) is 9.92. The summed E-state index contributed by atoms with van der Waals surface area (Å²) < 4.78 is 24.4. The Balaban J connectivity index is 0.967. The quantitative estimate of drug-likeness (QED) is 0.0844. The maximum Gasteiger partial charge on any atom is 0.324 e. The van der Waals surface area contributed by atoms with Gasteiger partial charge in [0.1, 0.15) is 34.6 Å². The third-order valence-electron chi connectivity index (χ3n) is 9.92. The average Bonchev–Trinajstić information content (AvgIpc) is 3.71. The van der Waals surface area contributed by atoms with Crippen molar-refractivity contribution in [3.8, 4) is 39.9 Å². The second kappa shape index (κ2) is 18.4. The van der Waals surface area contributed by atoms with Gasteiger partial charge in [-0.3, -0.25) is 15.0 Å². The molecule has 14 heteroatoms. The van der Waals surface area contributed by atoms with Gasteiger partial charge in [0.15, 0.2) is 0 Å². The first-order valence-electron chi connectivity index (χ1n) is 19.5. The van der Waals surface area contributed by atoms with Crippen LogP contribution < -0.4 is 35.5 Å². The molecule has 0 radical (unpaired) electrons. The molecule has 7 aromatic rings. The minimum Gasteiger partial charge on any atom is -0.497 e. The lowest BCUT2D eigenvalue weighted by molar-refractivity contribution is 0.0383. The minimum atomic E-state index is -0.445. The number of rotatable bonds is 14. The van der Waals surface area contributed by atoms with Crippen molar-refractivity contribution < 1.29 is 28.5 Å². The molecule has 3 amide bonds. The Labute approximate surface area is 347 Å². The van der Waals surface area contributed by atoms with Crippen molar-refractivity contribution in [3.05, 3.63) is 139 Å². The summed E-state index contributed by atoms with van der Waals surface area (Å²) in [6, 6.07) is 38.7. The summed E-state index contributed by atoms with van der Waals surface area (Å²) in [5.41, 5.74) is 4.04. The number of benzene rings is 5. The van der Waals surface area contributed by atoms with Crippen LogP contribution >= 0.6 is 0 Å². The molecule has 8 rings (SSSR count). The summed E-state index contributed by atoms with van der Waals surface area (Å²) in [6.45, 7) is 4.40. The highest BCUT2D eigenvalue weighted by Gasteiger charge is 2.17. The molecule has 1 aliphatic rings. The Morgan fingerprint density at radius 1 is 0.750 bits per heavy atom. The van der Waals surface area contributed by atoms with Gasteiger partial charge in [0.05, 0.1) is 44.5 Å². The fourth-order valence-corrected chi connectivity index (χ4v) is 6.87. The van der Waals surface area contributed by atoms with Crippen molar-refractivity contribution >= 4 is 45.7 Å². The Bertz CT molecular complexity index is 2590. The molecule has 0 unspecified atom stereocenters. The zero-order chi connectivity index (χ0) is 41.3. The van der Waals surface area contributed by atoms with E-state index in [-0.39, 0.29) is 5.91 Å². The van der Waals surface area contributed by atoms with Crippen molar-refractivity contribution in [1.82, 2.24) is 25.0 Å². The lowest BCUT2D eigenvalue weighted by Gasteiger charge is -2.26. The van der Waals surface area contributed by atoms with E-state index in [0.29, 0.717) is 77.0 Å². The molecular weight excluding hydrogens is 761 g/mol. The number of pyridine rings is 1. The van der Waals surface area contributed by atoms with Gasteiger partial charge < -0.3 is 34.9 Å². The molecule has 0 spiro atoms. The SMILES string of the molecule is COc1ccc(-n2nc(-c3ccccc3)cc2NC(=O)Nc2ccc(Oc3ccnc(Nc4cc(OC)cc(C(=O)NCCN5CCOCC5)c4)c3)c3ccccc23)cc1. The summed E-state index contributed by atoms with van der Waals surface area (Å²) in [5.74, 6) is 3.13. The Morgan fingerprint density at radius 3 is 2.30 bits per heavy atom. The van der Waals surface area contributed by atoms with Gasteiger partial charge in [-0.15, -0.1) is 0 Å². The number of nitrogens with one attached hydrogen (secondary N) is 4. The van der Waals surface area contributed by atoms with Crippen molar-refractivity contribution in [1.29, 1.82) is 0 Å². The first-order chi connectivity index (χ1) is 29.4. The van der Waals surface area contributed by atoms with Crippen LogP contribution in [0.2, 0.25) is 0 Å². The predicted molar refractivity (Wildman–Crippen MR) is 232 cm³/mol. The van der Waals surface area contributed by atoms with Gasteiger partial charge >= 0.3 is 6.03 Å². The monoisotopic (exact) mass is 804 g/mol. The second-order valence-corrected chi connectivity index (χ2v) is 13.9. The van der Waals surface area contributed by atoms with E-state index in [9.17, 15) is 9.59 Å². The maximum absolute atomic E-state index is 13.7. The lowest BCUT2D eigenvalue weighted by Crippen LogP contribution is -2.41. The molecule has 0 bridgehead atoms. The first kappa shape index (κ1) is 39.4. The van der Waals surface area contributed by atoms with E-state index in [0.717, 1.165) is 41.7 Å². The van der Waals surface area contributed by atoms with Crippen LogP contribution in [0.3, 0.4) is 0 Å². The number of anilines is 4. The van der Waals surface area contributed by atoms with Crippen LogP contribution in [0.4, 0.5) is 27.8 Å². The summed E-state index contributed by atoms with van der Waals surface area (Å²) in [4.78, 5) is 33.5. The number of carbonyl (C=O) groups excluding carboxylic acids is 2. The zero-order valence-corrected chi connectivity index (χ0v) is 33.2. The number of fused-ring (bicyclic) bond motifs is 1. The highest BCUT2D eigenvalue weighted by atomic mass is 16.5. The molecule has 14 nitrogen and oxygen atoms in total. The van der Waals surface area contributed by atoms with Gasteiger partial charge in [-0.05, 0) is 54.6 Å². The van der Waals surface area contributed by atoms with Crippen molar-refractivity contribution in [2.75, 3.05) is 69.6 Å². The van der Waals surface area contributed by atoms with Crippen LogP contribution in [0.5, 0.6) is 23.0 Å². The maximum atomic E-state index is 13.7. The normalized spacial score (nSPS) is 12.7. The molecule has 0 aliphatic carbocycles. The van der Waals surface area contributed by atoms with Gasteiger partial charge in [0, 0.05) is 78.2 Å². The van der Waals surface area contributed by atoms with E-state index in [1.165, 1.54) is 0 Å². The van der Waals surface area contributed by atoms with Crippen LogP contribution in [0.25, 0.3) is 27.7 Å². The number of aromatic nitrogens is 3. The topological polar surface area (TPSA) is 153 Å². The molecule has 304 valence electrons. The third kappa shape index (κ3) is 9.47. The van der Waals surface area contributed by atoms with Crippen LogP contribution in [0.15, 0.2) is 134 Å². The highest BCUT2D eigenvalue weighted by Crippen LogP contribution is 2.36. The van der Waals surface area contributed by atoms with Crippen molar-refractivity contribution in [2.24, 2.45) is 0 Å². The largest absolute Gasteiger partial charge is 0.497 e. The average molecular weight is 805 g/mol. The lowest BCUT2D eigenvalue weighted by atomic mass is 10.1. The number of methoxy groups -OCH3 is 2. The summed E-state index contributed by atoms with van der Waals surface area (Å²) in [6.07, 6.45) is 1.64. The van der Waals surface area contributed by atoms with Crippen molar-refractivity contribution in [2.45, 2.75) is 0 Å². The molecule has 60 heavy (non-hydrogen) atoms. The fraction of sp³-hybridized carbons (Fsp3) is 0.174. The minimum absolute atomic E-state index is 0.199. The van der Waals surface area contributed by atoms with E-state index in [1.54, 1.807) is 61.5 Å².